The van der Waals surface area contributed by atoms with Crippen molar-refractivity contribution in [2.75, 3.05) is 6.54 Å². The van der Waals surface area contributed by atoms with Crippen molar-refractivity contribution in [1.82, 2.24) is 10.6 Å². The molecule has 22 heavy (non-hydrogen) atoms. The van der Waals surface area contributed by atoms with Crippen LogP contribution in [0.15, 0.2) is 0 Å². The third kappa shape index (κ3) is 6.43. The van der Waals surface area contributed by atoms with E-state index in [1.807, 2.05) is 13.8 Å². The van der Waals surface area contributed by atoms with E-state index >= 15 is 0 Å². The Balaban J connectivity index is 2.63. The second-order valence-electron chi connectivity index (χ2n) is 6.36. The molecule has 1 rings (SSSR count). The van der Waals surface area contributed by atoms with Crippen LogP contribution in [0.3, 0.4) is 0 Å². The first-order valence-corrected chi connectivity index (χ1v) is 7.95. The van der Waals surface area contributed by atoms with Gasteiger partial charge in [-0.2, -0.15) is 0 Å². The van der Waals surface area contributed by atoms with Gasteiger partial charge >= 0.3 is 0 Å². The maximum atomic E-state index is 12.3. The summed E-state index contributed by atoms with van der Waals surface area (Å²) < 4.78 is 0. The second kappa shape index (κ2) is 8.73. The number of nitrogens with two attached hydrogens (primary N) is 2. The normalized spacial score (nSPS) is 16.9. The monoisotopic (exact) mass is 312 g/mol. The highest BCUT2D eigenvalue weighted by Crippen LogP contribution is 2.29. The zero-order chi connectivity index (χ0) is 16.7. The predicted octanol–water partition coefficient (Wildman–Crippen LogP) is -0.364. The molecule has 1 saturated carbocycles. The van der Waals surface area contributed by atoms with Crippen LogP contribution in [0, 0.1) is 11.8 Å². The first kappa shape index (κ1) is 18.4. The highest BCUT2D eigenvalue weighted by Gasteiger charge is 2.33. The molecule has 7 heteroatoms. The van der Waals surface area contributed by atoms with Gasteiger partial charge in [-0.3, -0.25) is 14.4 Å². The van der Waals surface area contributed by atoms with Gasteiger partial charge in [-0.25, -0.2) is 0 Å². The Morgan fingerprint density at radius 1 is 1.14 bits per heavy atom. The number of rotatable bonds is 10. The largest absolute Gasteiger partial charge is 0.368 e. The molecule has 0 aliphatic heterocycles. The molecule has 0 bridgehead atoms. The summed E-state index contributed by atoms with van der Waals surface area (Å²) in [6, 6.07) is -1.38. The smallest absolute Gasteiger partial charge is 0.243 e. The molecule has 0 aromatic carbocycles. The van der Waals surface area contributed by atoms with Gasteiger partial charge in [-0.05, 0) is 44.6 Å². The quantitative estimate of drug-likeness (QED) is 0.439. The molecule has 0 heterocycles. The summed E-state index contributed by atoms with van der Waals surface area (Å²) in [6.07, 6.45) is 3.28. The van der Waals surface area contributed by atoms with Gasteiger partial charge in [0.1, 0.15) is 12.1 Å². The molecule has 6 N–H and O–H groups in total. The van der Waals surface area contributed by atoms with Crippen molar-refractivity contribution in [2.24, 2.45) is 23.3 Å². The van der Waals surface area contributed by atoms with Gasteiger partial charge in [0.15, 0.2) is 0 Å². The molecule has 3 amide bonds. The molecule has 1 aliphatic rings. The summed E-state index contributed by atoms with van der Waals surface area (Å²) in [5.74, 6) is -0.783. The molecular weight excluding hydrogens is 284 g/mol. The number of primary amides is 1. The van der Waals surface area contributed by atoms with Crippen molar-refractivity contribution in [3.05, 3.63) is 0 Å². The molecule has 0 aromatic heterocycles. The van der Waals surface area contributed by atoms with Crippen LogP contribution in [0.4, 0.5) is 0 Å². The summed E-state index contributed by atoms with van der Waals surface area (Å²) >= 11 is 0. The molecule has 126 valence electrons. The molecule has 0 saturated heterocycles. The molecule has 0 spiro atoms. The number of carbonyl (C=O) groups is 3. The topological polar surface area (TPSA) is 127 Å². The van der Waals surface area contributed by atoms with Crippen molar-refractivity contribution in [1.29, 1.82) is 0 Å². The van der Waals surface area contributed by atoms with Crippen molar-refractivity contribution < 1.29 is 14.4 Å². The lowest BCUT2D eigenvalue weighted by molar-refractivity contribution is -0.132. The van der Waals surface area contributed by atoms with Crippen LogP contribution >= 0.6 is 0 Å². The zero-order valence-electron chi connectivity index (χ0n) is 13.4. The lowest BCUT2D eigenvalue weighted by atomic mass is 10.0. The van der Waals surface area contributed by atoms with Crippen LogP contribution in [0.1, 0.15) is 46.0 Å². The van der Waals surface area contributed by atoms with Crippen LogP contribution in [-0.2, 0) is 14.4 Å². The summed E-state index contributed by atoms with van der Waals surface area (Å²) in [6.45, 7) is 4.33. The van der Waals surface area contributed by atoms with Crippen LogP contribution in [0.5, 0.6) is 0 Å². The third-order valence-corrected chi connectivity index (χ3v) is 3.65. The standard InChI is InChI=1S/C15H28N4O3/c1-9(2)8-12(13(17)20)19-15(22)11(4-3-7-16)18-14(21)10-5-6-10/h9-12H,3-8,16H2,1-2H3,(H2,17,20)(H,18,21)(H,19,22). The fourth-order valence-corrected chi connectivity index (χ4v) is 2.22. The van der Waals surface area contributed by atoms with E-state index in [9.17, 15) is 14.4 Å². The van der Waals surface area contributed by atoms with Gasteiger partial charge in [-0.1, -0.05) is 13.8 Å². The molecule has 2 atom stereocenters. The fraction of sp³-hybridized carbons (Fsp3) is 0.800. The Labute approximate surface area is 131 Å². The molecule has 1 fully saturated rings. The highest BCUT2D eigenvalue weighted by molar-refractivity contribution is 5.92. The van der Waals surface area contributed by atoms with Gasteiger partial charge in [0.05, 0.1) is 0 Å². The Hall–Kier alpha value is -1.63. The minimum Gasteiger partial charge on any atom is -0.368 e. The van der Waals surface area contributed by atoms with Gasteiger partial charge in [-0.15, -0.1) is 0 Å². The number of hydrogen-bond acceptors (Lipinski definition) is 4. The first-order chi connectivity index (χ1) is 10.3. The number of carbonyl (C=O) groups excluding carboxylic acids is 3. The van der Waals surface area contributed by atoms with Gasteiger partial charge < -0.3 is 22.1 Å². The van der Waals surface area contributed by atoms with Crippen molar-refractivity contribution in [2.45, 2.75) is 58.0 Å². The lowest BCUT2D eigenvalue weighted by Gasteiger charge is -2.22. The zero-order valence-corrected chi connectivity index (χ0v) is 13.4. The Bertz CT molecular complexity index is 408. The maximum Gasteiger partial charge on any atom is 0.243 e. The lowest BCUT2D eigenvalue weighted by Crippen LogP contribution is -2.53. The van der Waals surface area contributed by atoms with E-state index in [1.165, 1.54) is 0 Å². The number of hydrogen-bond donors (Lipinski definition) is 4. The van der Waals surface area contributed by atoms with Crippen LogP contribution in [0.25, 0.3) is 0 Å². The van der Waals surface area contributed by atoms with E-state index in [4.69, 9.17) is 11.5 Å². The van der Waals surface area contributed by atoms with Crippen molar-refractivity contribution >= 4 is 17.7 Å². The van der Waals surface area contributed by atoms with E-state index in [1.54, 1.807) is 0 Å². The second-order valence-corrected chi connectivity index (χ2v) is 6.36. The minimum atomic E-state index is -0.717. The van der Waals surface area contributed by atoms with Gasteiger partial charge in [0.25, 0.3) is 0 Å². The highest BCUT2D eigenvalue weighted by atomic mass is 16.2. The Morgan fingerprint density at radius 3 is 2.23 bits per heavy atom. The van der Waals surface area contributed by atoms with Crippen molar-refractivity contribution in [3.8, 4) is 0 Å². The van der Waals surface area contributed by atoms with E-state index in [0.29, 0.717) is 25.8 Å². The Morgan fingerprint density at radius 2 is 1.77 bits per heavy atom. The summed E-state index contributed by atoms with van der Waals surface area (Å²) in [5.41, 5.74) is 10.8. The molecular formula is C15H28N4O3. The minimum absolute atomic E-state index is 0.0239. The molecule has 0 aromatic rings. The van der Waals surface area contributed by atoms with E-state index in [2.05, 4.69) is 10.6 Å². The average molecular weight is 312 g/mol. The van der Waals surface area contributed by atoms with E-state index < -0.39 is 18.0 Å². The Kier molecular flexibility index (Phi) is 7.31. The number of nitrogens with one attached hydrogen (secondary N) is 2. The van der Waals surface area contributed by atoms with Gasteiger partial charge in [0, 0.05) is 5.92 Å². The fourth-order valence-electron chi connectivity index (χ4n) is 2.22. The molecule has 2 unspecified atom stereocenters. The van der Waals surface area contributed by atoms with Crippen LogP contribution in [0.2, 0.25) is 0 Å². The van der Waals surface area contributed by atoms with Gasteiger partial charge in [0.2, 0.25) is 17.7 Å². The van der Waals surface area contributed by atoms with E-state index in [-0.39, 0.29) is 23.7 Å². The third-order valence-electron chi connectivity index (χ3n) is 3.65. The number of amides is 3. The molecule has 7 nitrogen and oxygen atoms in total. The van der Waals surface area contributed by atoms with Crippen molar-refractivity contribution in [3.63, 3.8) is 0 Å². The molecule has 1 aliphatic carbocycles. The van der Waals surface area contributed by atoms with E-state index in [0.717, 1.165) is 12.8 Å². The maximum absolute atomic E-state index is 12.3. The summed E-state index contributed by atoms with van der Waals surface area (Å²) in [5, 5.41) is 5.40. The van der Waals surface area contributed by atoms with Crippen LogP contribution < -0.4 is 22.1 Å². The summed E-state index contributed by atoms with van der Waals surface area (Å²) in [7, 11) is 0. The predicted molar refractivity (Wildman–Crippen MR) is 83.5 cm³/mol. The molecule has 0 radical (unpaired) electrons. The SMILES string of the molecule is CC(C)CC(NC(=O)C(CCCN)NC(=O)C1CC1)C(N)=O. The van der Waals surface area contributed by atoms with Crippen LogP contribution in [-0.4, -0.2) is 36.3 Å². The first-order valence-electron chi connectivity index (χ1n) is 7.95. The average Bonchev–Trinajstić information content (AvgIpc) is 3.26. The summed E-state index contributed by atoms with van der Waals surface area (Å²) in [4.78, 5) is 35.7.